The average Bonchev–Trinajstić information content (AvgIpc) is 2.91. The third kappa shape index (κ3) is 2.67. The maximum absolute atomic E-state index is 5.04. The maximum atomic E-state index is 5.04. The lowest BCUT2D eigenvalue weighted by atomic mass is 9.75. The Morgan fingerprint density at radius 3 is 2.45 bits per heavy atom. The molecule has 1 aliphatic rings. The van der Waals surface area contributed by atoms with Gasteiger partial charge in [-0.15, -0.1) is 11.3 Å². The molecule has 0 radical (unpaired) electrons. The predicted octanol–water partition coefficient (Wildman–Crippen LogP) is 4.85. The number of thiazole rings is 1. The van der Waals surface area contributed by atoms with Gasteiger partial charge in [-0.1, -0.05) is 48.0 Å². The van der Waals surface area contributed by atoms with E-state index in [1.54, 1.807) is 0 Å². The minimum Gasteiger partial charge on any atom is -0.305 e. The van der Waals surface area contributed by atoms with Crippen molar-refractivity contribution in [2.75, 3.05) is 6.54 Å². The molecule has 1 saturated carbocycles. The van der Waals surface area contributed by atoms with Crippen molar-refractivity contribution in [1.29, 1.82) is 0 Å². The van der Waals surface area contributed by atoms with Crippen molar-refractivity contribution in [2.24, 2.45) is 5.41 Å². The van der Waals surface area contributed by atoms with E-state index >= 15 is 0 Å². The molecule has 1 aliphatic carbocycles. The molecule has 1 aromatic rings. The molecule has 2 rings (SSSR count). The molecule has 0 aliphatic heterocycles. The normalized spacial score (nSPS) is 26.1. The third-order valence-electron chi connectivity index (χ3n) is 4.82. The summed E-state index contributed by atoms with van der Waals surface area (Å²) in [6, 6.07) is 0. The standard InChI is InChI=1S/C17H30N2S/c1-7-11-18-17(10-8-9-16(17,5)6)14-19-13(12-20-14)15(2,3)4/h12,18H,7-11H2,1-6H3. The summed E-state index contributed by atoms with van der Waals surface area (Å²) < 4.78 is 0. The van der Waals surface area contributed by atoms with E-state index in [4.69, 9.17) is 4.98 Å². The topological polar surface area (TPSA) is 24.9 Å². The maximum Gasteiger partial charge on any atom is 0.114 e. The Bertz CT molecular complexity index is 456. The van der Waals surface area contributed by atoms with E-state index in [1.165, 1.54) is 36.4 Å². The van der Waals surface area contributed by atoms with Crippen LogP contribution in [-0.2, 0) is 11.0 Å². The molecule has 3 heteroatoms. The molecule has 0 saturated heterocycles. The van der Waals surface area contributed by atoms with Gasteiger partial charge in [0.25, 0.3) is 0 Å². The molecule has 1 fully saturated rings. The van der Waals surface area contributed by atoms with Crippen molar-refractivity contribution in [3.63, 3.8) is 0 Å². The van der Waals surface area contributed by atoms with E-state index in [0.29, 0.717) is 0 Å². The number of aromatic nitrogens is 1. The monoisotopic (exact) mass is 294 g/mol. The van der Waals surface area contributed by atoms with Crippen LogP contribution in [0.1, 0.15) is 77.9 Å². The van der Waals surface area contributed by atoms with Gasteiger partial charge in [-0.2, -0.15) is 0 Å². The molecule has 2 nitrogen and oxygen atoms in total. The van der Waals surface area contributed by atoms with Gasteiger partial charge in [0, 0.05) is 10.8 Å². The van der Waals surface area contributed by atoms with Gasteiger partial charge in [-0.3, -0.25) is 0 Å². The van der Waals surface area contributed by atoms with Crippen molar-refractivity contribution >= 4 is 11.3 Å². The van der Waals surface area contributed by atoms with Gasteiger partial charge in [0.2, 0.25) is 0 Å². The summed E-state index contributed by atoms with van der Waals surface area (Å²) in [5.74, 6) is 0. The van der Waals surface area contributed by atoms with Crippen LogP contribution < -0.4 is 5.32 Å². The number of nitrogens with one attached hydrogen (secondary N) is 1. The van der Waals surface area contributed by atoms with Crippen LogP contribution >= 0.6 is 11.3 Å². The van der Waals surface area contributed by atoms with E-state index in [1.807, 2.05) is 11.3 Å². The Hall–Kier alpha value is -0.410. The summed E-state index contributed by atoms with van der Waals surface area (Å²) in [6.45, 7) is 14.9. The lowest BCUT2D eigenvalue weighted by Crippen LogP contribution is -2.50. The molecule has 0 bridgehead atoms. The third-order valence-corrected chi connectivity index (χ3v) is 5.83. The molecule has 0 spiro atoms. The quantitative estimate of drug-likeness (QED) is 0.859. The molecule has 1 atom stereocenters. The number of hydrogen-bond donors (Lipinski definition) is 1. The van der Waals surface area contributed by atoms with Crippen molar-refractivity contribution in [2.45, 2.75) is 78.2 Å². The summed E-state index contributed by atoms with van der Waals surface area (Å²) in [6.07, 6.45) is 4.98. The molecule has 0 aromatic carbocycles. The summed E-state index contributed by atoms with van der Waals surface area (Å²) in [5.41, 5.74) is 1.74. The van der Waals surface area contributed by atoms with Crippen molar-refractivity contribution in [3.8, 4) is 0 Å². The van der Waals surface area contributed by atoms with Crippen LogP contribution in [-0.4, -0.2) is 11.5 Å². The second-order valence-electron chi connectivity index (χ2n) is 7.86. The fraction of sp³-hybridized carbons (Fsp3) is 0.824. The van der Waals surface area contributed by atoms with E-state index < -0.39 is 0 Å². The molecule has 1 N–H and O–H groups in total. The van der Waals surface area contributed by atoms with Crippen LogP contribution in [0.25, 0.3) is 0 Å². The second-order valence-corrected chi connectivity index (χ2v) is 8.72. The first kappa shape index (κ1) is 16.0. The summed E-state index contributed by atoms with van der Waals surface area (Å²) in [7, 11) is 0. The van der Waals surface area contributed by atoms with Gasteiger partial charge in [0.05, 0.1) is 11.2 Å². The first-order chi connectivity index (χ1) is 9.23. The number of rotatable bonds is 4. The fourth-order valence-corrected chi connectivity index (χ4v) is 4.73. The molecule has 1 heterocycles. The van der Waals surface area contributed by atoms with E-state index in [9.17, 15) is 0 Å². The smallest absolute Gasteiger partial charge is 0.114 e. The largest absolute Gasteiger partial charge is 0.305 e. The molecule has 20 heavy (non-hydrogen) atoms. The summed E-state index contributed by atoms with van der Waals surface area (Å²) in [4.78, 5) is 5.04. The molecule has 114 valence electrons. The first-order valence-corrected chi connectivity index (χ1v) is 8.82. The minimum atomic E-state index is 0.0805. The highest BCUT2D eigenvalue weighted by atomic mass is 32.1. The predicted molar refractivity (Wildman–Crippen MR) is 88.4 cm³/mol. The van der Waals surface area contributed by atoms with Crippen LogP contribution in [0.4, 0.5) is 0 Å². The Balaban J connectivity index is 2.40. The molecular formula is C17H30N2S. The van der Waals surface area contributed by atoms with Crippen molar-refractivity contribution in [1.82, 2.24) is 10.3 Å². The lowest BCUT2D eigenvalue weighted by Gasteiger charge is -2.41. The Kier molecular flexibility index (Phi) is 4.32. The highest BCUT2D eigenvalue weighted by Crippen LogP contribution is 2.53. The van der Waals surface area contributed by atoms with E-state index in [0.717, 1.165) is 6.54 Å². The highest BCUT2D eigenvalue weighted by molar-refractivity contribution is 7.09. The van der Waals surface area contributed by atoms with Gasteiger partial charge in [0.1, 0.15) is 5.01 Å². The second kappa shape index (κ2) is 5.42. The highest BCUT2D eigenvalue weighted by Gasteiger charge is 2.51. The van der Waals surface area contributed by atoms with Crippen molar-refractivity contribution < 1.29 is 0 Å². The van der Waals surface area contributed by atoms with Gasteiger partial charge < -0.3 is 5.32 Å². The number of nitrogens with zero attached hydrogens (tertiary/aromatic N) is 1. The minimum absolute atomic E-state index is 0.0805. The van der Waals surface area contributed by atoms with E-state index in [-0.39, 0.29) is 16.4 Å². The fourth-order valence-electron chi connectivity index (χ4n) is 3.30. The van der Waals surface area contributed by atoms with Gasteiger partial charge in [-0.05, 0) is 31.2 Å². The Labute approximate surface area is 128 Å². The zero-order chi connectivity index (χ0) is 15.0. The SMILES string of the molecule is CCCNC1(c2nc(C(C)(C)C)cs2)CCCC1(C)C. The number of hydrogen-bond acceptors (Lipinski definition) is 3. The summed E-state index contributed by atoms with van der Waals surface area (Å²) >= 11 is 1.85. The molecule has 1 aromatic heterocycles. The summed E-state index contributed by atoms with van der Waals surface area (Å²) in [5, 5.41) is 7.43. The van der Waals surface area contributed by atoms with Gasteiger partial charge in [0.15, 0.2) is 0 Å². The van der Waals surface area contributed by atoms with Gasteiger partial charge in [-0.25, -0.2) is 4.98 Å². The van der Waals surface area contributed by atoms with Crippen LogP contribution in [0.2, 0.25) is 0 Å². The lowest BCUT2D eigenvalue weighted by molar-refractivity contribution is 0.156. The molecular weight excluding hydrogens is 264 g/mol. The average molecular weight is 295 g/mol. The molecule has 0 amide bonds. The van der Waals surface area contributed by atoms with Crippen LogP contribution in [0.5, 0.6) is 0 Å². The molecule has 1 unspecified atom stereocenters. The zero-order valence-corrected chi connectivity index (χ0v) is 14.8. The van der Waals surface area contributed by atoms with Crippen molar-refractivity contribution in [3.05, 3.63) is 16.1 Å². The Morgan fingerprint density at radius 2 is 2.00 bits per heavy atom. The van der Waals surface area contributed by atoms with Gasteiger partial charge >= 0.3 is 0 Å². The Morgan fingerprint density at radius 1 is 1.30 bits per heavy atom. The van der Waals surface area contributed by atoms with Crippen LogP contribution in [0, 0.1) is 5.41 Å². The van der Waals surface area contributed by atoms with Crippen LogP contribution in [0.3, 0.4) is 0 Å². The van der Waals surface area contributed by atoms with E-state index in [2.05, 4.69) is 52.2 Å². The first-order valence-electron chi connectivity index (χ1n) is 7.94. The zero-order valence-electron chi connectivity index (χ0n) is 14.0. The van der Waals surface area contributed by atoms with Crippen LogP contribution in [0.15, 0.2) is 5.38 Å².